The highest BCUT2D eigenvalue weighted by Gasteiger charge is 2.22. The standard InChI is InChI=1S/C16H26N2O/c1-11-4-6-13(7-5-11)18(3)14-8-9-15(12(2)17)16(19)10-14/h8-13,19H,4-7,17H2,1-3H3. The molecule has 3 nitrogen and oxygen atoms in total. The molecular formula is C16H26N2O. The number of aromatic hydroxyl groups is 1. The van der Waals surface area contributed by atoms with Gasteiger partial charge in [0.15, 0.2) is 0 Å². The SMILES string of the molecule is CC1CCC(N(C)c2ccc(C(C)N)c(O)c2)CC1. The second-order valence-electron chi connectivity index (χ2n) is 6.06. The molecule has 1 aromatic carbocycles. The number of nitrogens with two attached hydrogens (primary N) is 1. The maximum absolute atomic E-state index is 10.0. The topological polar surface area (TPSA) is 49.5 Å². The van der Waals surface area contributed by atoms with E-state index in [0.29, 0.717) is 11.8 Å². The third-order valence-corrected chi connectivity index (χ3v) is 4.44. The molecule has 1 aromatic rings. The minimum atomic E-state index is -0.130. The number of rotatable bonds is 3. The highest BCUT2D eigenvalue weighted by atomic mass is 16.3. The summed E-state index contributed by atoms with van der Waals surface area (Å²) in [5.41, 5.74) is 7.72. The minimum absolute atomic E-state index is 0.130. The fourth-order valence-electron chi connectivity index (χ4n) is 2.98. The summed E-state index contributed by atoms with van der Waals surface area (Å²) in [4.78, 5) is 2.30. The molecule has 0 bridgehead atoms. The van der Waals surface area contributed by atoms with Crippen LogP contribution < -0.4 is 10.6 Å². The molecule has 0 heterocycles. The van der Waals surface area contributed by atoms with Crippen LogP contribution in [0.1, 0.15) is 51.1 Å². The molecule has 1 atom stereocenters. The van der Waals surface area contributed by atoms with Crippen LogP contribution in [0.2, 0.25) is 0 Å². The molecule has 0 saturated heterocycles. The van der Waals surface area contributed by atoms with Crippen LogP contribution in [0.4, 0.5) is 5.69 Å². The zero-order valence-electron chi connectivity index (χ0n) is 12.3. The largest absolute Gasteiger partial charge is 0.508 e. The van der Waals surface area contributed by atoms with Gasteiger partial charge in [-0.2, -0.15) is 0 Å². The van der Waals surface area contributed by atoms with Gasteiger partial charge >= 0.3 is 0 Å². The number of nitrogens with zero attached hydrogens (tertiary/aromatic N) is 1. The van der Waals surface area contributed by atoms with Crippen molar-refractivity contribution in [3.8, 4) is 5.75 Å². The Bertz CT molecular complexity index is 423. The van der Waals surface area contributed by atoms with Gasteiger partial charge in [0.25, 0.3) is 0 Å². The van der Waals surface area contributed by atoms with Gasteiger partial charge < -0.3 is 15.7 Å². The summed E-state index contributed by atoms with van der Waals surface area (Å²) in [5, 5.41) is 10.0. The van der Waals surface area contributed by atoms with Crippen molar-refractivity contribution in [2.75, 3.05) is 11.9 Å². The van der Waals surface area contributed by atoms with Crippen molar-refractivity contribution in [3.05, 3.63) is 23.8 Å². The van der Waals surface area contributed by atoms with Crippen LogP contribution in [-0.2, 0) is 0 Å². The van der Waals surface area contributed by atoms with Crippen molar-refractivity contribution in [1.82, 2.24) is 0 Å². The Labute approximate surface area is 116 Å². The lowest BCUT2D eigenvalue weighted by Crippen LogP contribution is -2.34. The number of hydrogen-bond acceptors (Lipinski definition) is 3. The van der Waals surface area contributed by atoms with Crippen LogP contribution in [0.5, 0.6) is 5.75 Å². The average molecular weight is 262 g/mol. The molecule has 0 radical (unpaired) electrons. The van der Waals surface area contributed by atoms with Crippen molar-refractivity contribution in [1.29, 1.82) is 0 Å². The number of phenolic OH excluding ortho intramolecular Hbond substituents is 1. The molecule has 0 aromatic heterocycles. The average Bonchev–Trinajstić information content (AvgIpc) is 2.38. The lowest BCUT2D eigenvalue weighted by molar-refractivity contribution is 0.340. The summed E-state index contributed by atoms with van der Waals surface area (Å²) >= 11 is 0. The van der Waals surface area contributed by atoms with E-state index in [2.05, 4.69) is 24.9 Å². The monoisotopic (exact) mass is 262 g/mol. The molecular weight excluding hydrogens is 236 g/mol. The van der Waals surface area contributed by atoms with Gasteiger partial charge in [-0.05, 0) is 44.6 Å². The van der Waals surface area contributed by atoms with Gasteiger partial charge in [-0.25, -0.2) is 0 Å². The van der Waals surface area contributed by atoms with Crippen molar-refractivity contribution in [3.63, 3.8) is 0 Å². The first kappa shape index (κ1) is 14.2. The fraction of sp³-hybridized carbons (Fsp3) is 0.625. The fourth-order valence-corrected chi connectivity index (χ4v) is 2.98. The Morgan fingerprint density at radius 2 is 1.89 bits per heavy atom. The molecule has 3 N–H and O–H groups in total. The molecule has 1 unspecified atom stereocenters. The molecule has 1 saturated carbocycles. The van der Waals surface area contributed by atoms with Crippen LogP contribution >= 0.6 is 0 Å². The Balaban J connectivity index is 2.11. The third kappa shape index (κ3) is 3.21. The molecule has 3 heteroatoms. The molecule has 19 heavy (non-hydrogen) atoms. The zero-order chi connectivity index (χ0) is 14.0. The van der Waals surface area contributed by atoms with Crippen LogP contribution in [0, 0.1) is 5.92 Å². The van der Waals surface area contributed by atoms with E-state index in [9.17, 15) is 5.11 Å². The van der Waals surface area contributed by atoms with Gasteiger partial charge in [-0.1, -0.05) is 13.0 Å². The maximum Gasteiger partial charge on any atom is 0.122 e. The lowest BCUT2D eigenvalue weighted by Gasteiger charge is -2.35. The van der Waals surface area contributed by atoms with Crippen LogP contribution in [-0.4, -0.2) is 18.2 Å². The van der Waals surface area contributed by atoms with Crippen molar-refractivity contribution in [2.45, 2.75) is 51.6 Å². The molecule has 1 aliphatic rings. The molecule has 0 amide bonds. The molecule has 1 aliphatic carbocycles. The summed E-state index contributed by atoms with van der Waals surface area (Å²) < 4.78 is 0. The maximum atomic E-state index is 10.0. The van der Waals surface area contributed by atoms with Gasteiger partial charge in [-0.3, -0.25) is 0 Å². The Morgan fingerprint density at radius 1 is 1.26 bits per heavy atom. The minimum Gasteiger partial charge on any atom is -0.508 e. The Kier molecular flexibility index (Phi) is 4.35. The van der Waals surface area contributed by atoms with E-state index in [1.807, 2.05) is 19.1 Å². The van der Waals surface area contributed by atoms with Crippen LogP contribution in [0.25, 0.3) is 0 Å². The van der Waals surface area contributed by atoms with Gasteiger partial charge in [0.05, 0.1) is 0 Å². The Morgan fingerprint density at radius 3 is 2.42 bits per heavy atom. The Hall–Kier alpha value is -1.22. The lowest BCUT2D eigenvalue weighted by atomic mass is 9.86. The summed E-state index contributed by atoms with van der Waals surface area (Å²) in [6, 6.07) is 6.32. The molecule has 2 rings (SSSR count). The van der Waals surface area contributed by atoms with Gasteiger partial charge in [-0.15, -0.1) is 0 Å². The van der Waals surface area contributed by atoms with Gasteiger partial charge in [0.2, 0.25) is 0 Å². The molecule has 106 valence electrons. The zero-order valence-corrected chi connectivity index (χ0v) is 12.3. The number of anilines is 1. The predicted octanol–water partition coefficient (Wildman–Crippen LogP) is 3.43. The smallest absolute Gasteiger partial charge is 0.122 e. The summed E-state index contributed by atoms with van der Waals surface area (Å²) in [5.74, 6) is 1.17. The second-order valence-corrected chi connectivity index (χ2v) is 6.06. The number of hydrogen-bond donors (Lipinski definition) is 2. The highest BCUT2D eigenvalue weighted by Crippen LogP contribution is 2.32. The first-order chi connectivity index (χ1) is 8.99. The first-order valence-corrected chi connectivity index (χ1v) is 7.30. The van der Waals surface area contributed by atoms with E-state index >= 15 is 0 Å². The number of benzene rings is 1. The molecule has 1 fully saturated rings. The van der Waals surface area contributed by atoms with Crippen molar-refractivity contribution < 1.29 is 5.11 Å². The molecule has 0 spiro atoms. The predicted molar refractivity (Wildman–Crippen MR) is 80.5 cm³/mol. The van der Waals surface area contributed by atoms with Crippen molar-refractivity contribution >= 4 is 5.69 Å². The van der Waals surface area contributed by atoms with E-state index in [0.717, 1.165) is 17.2 Å². The van der Waals surface area contributed by atoms with Crippen LogP contribution in [0.3, 0.4) is 0 Å². The highest BCUT2D eigenvalue weighted by molar-refractivity contribution is 5.54. The summed E-state index contributed by atoms with van der Waals surface area (Å²) in [6.07, 6.45) is 5.10. The normalized spacial score (nSPS) is 25.1. The summed E-state index contributed by atoms with van der Waals surface area (Å²) in [6.45, 7) is 4.22. The number of phenols is 1. The van der Waals surface area contributed by atoms with E-state index in [-0.39, 0.29) is 6.04 Å². The first-order valence-electron chi connectivity index (χ1n) is 7.30. The third-order valence-electron chi connectivity index (χ3n) is 4.44. The quantitative estimate of drug-likeness (QED) is 0.877. The van der Waals surface area contributed by atoms with Crippen LogP contribution in [0.15, 0.2) is 18.2 Å². The van der Waals surface area contributed by atoms with E-state index in [1.165, 1.54) is 25.7 Å². The van der Waals surface area contributed by atoms with Crippen molar-refractivity contribution in [2.24, 2.45) is 11.7 Å². The van der Waals surface area contributed by atoms with Gasteiger partial charge in [0.1, 0.15) is 5.75 Å². The molecule has 0 aliphatic heterocycles. The summed E-state index contributed by atoms with van der Waals surface area (Å²) in [7, 11) is 2.13. The van der Waals surface area contributed by atoms with E-state index < -0.39 is 0 Å². The second kappa shape index (κ2) is 5.83. The van der Waals surface area contributed by atoms with E-state index in [1.54, 1.807) is 0 Å². The van der Waals surface area contributed by atoms with Gasteiger partial charge in [0, 0.05) is 36.4 Å². The van der Waals surface area contributed by atoms with E-state index in [4.69, 9.17) is 5.73 Å².